The fraction of sp³-hybridized carbons (Fsp3) is 0.526. The van der Waals surface area contributed by atoms with Gasteiger partial charge >= 0.3 is 6.03 Å². The number of nitrogens with one attached hydrogen (secondary N) is 1. The summed E-state index contributed by atoms with van der Waals surface area (Å²) in [4.78, 5) is 14.0. The summed E-state index contributed by atoms with van der Waals surface area (Å²) < 4.78 is 19.2. The molecule has 0 aliphatic heterocycles. The van der Waals surface area contributed by atoms with Gasteiger partial charge in [-0.3, -0.25) is 0 Å². The van der Waals surface area contributed by atoms with Gasteiger partial charge in [0.2, 0.25) is 0 Å². The van der Waals surface area contributed by atoms with Crippen LogP contribution >= 0.6 is 0 Å². The third-order valence-electron chi connectivity index (χ3n) is 5.14. The van der Waals surface area contributed by atoms with Gasteiger partial charge < -0.3 is 19.7 Å². The molecule has 2 N–H and O–H groups in total. The molecule has 1 aromatic heterocycles. The molecule has 2 amide bonds. The zero-order valence-corrected chi connectivity index (χ0v) is 14.9. The van der Waals surface area contributed by atoms with E-state index in [0.29, 0.717) is 17.9 Å². The lowest BCUT2D eigenvalue weighted by atomic mass is 10.1. The van der Waals surface area contributed by atoms with Gasteiger partial charge in [0.05, 0.1) is 12.1 Å². The zero-order valence-electron chi connectivity index (χ0n) is 14.9. The number of furan rings is 1. The Labute approximate surface area is 146 Å². The van der Waals surface area contributed by atoms with E-state index in [1.807, 2.05) is 13.8 Å². The second kappa shape index (κ2) is 7.04. The molecule has 5 nitrogen and oxygen atoms in total. The summed E-state index contributed by atoms with van der Waals surface area (Å²) in [5.41, 5.74) is 1.44. The smallest absolute Gasteiger partial charge is 0.317 e. The molecule has 25 heavy (non-hydrogen) atoms. The van der Waals surface area contributed by atoms with Crippen LogP contribution < -0.4 is 5.32 Å². The molecule has 1 saturated carbocycles. The van der Waals surface area contributed by atoms with Crippen molar-refractivity contribution in [2.45, 2.75) is 45.3 Å². The van der Waals surface area contributed by atoms with E-state index in [-0.39, 0.29) is 29.9 Å². The summed E-state index contributed by atoms with van der Waals surface area (Å²) in [5, 5.41) is 13.6. The van der Waals surface area contributed by atoms with Crippen molar-refractivity contribution in [1.29, 1.82) is 0 Å². The van der Waals surface area contributed by atoms with Crippen LogP contribution in [0, 0.1) is 18.7 Å². The van der Waals surface area contributed by atoms with Gasteiger partial charge in [0.1, 0.15) is 17.2 Å². The first kappa shape index (κ1) is 17.7. The van der Waals surface area contributed by atoms with Crippen LogP contribution in [0.2, 0.25) is 0 Å². The van der Waals surface area contributed by atoms with Crippen molar-refractivity contribution in [1.82, 2.24) is 10.2 Å². The van der Waals surface area contributed by atoms with Crippen molar-refractivity contribution in [2.75, 3.05) is 13.6 Å². The average molecular weight is 348 g/mol. The maximum atomic E-state index is 13.4. The summed E-state index contributed by atoms with van der Waals surface area (Å²) in [5.74, 6) is 0.458. The Morgan fingerprint density at radius 3 is 2.92 bits per heavy atom. The topological polar surface area (TPSA) is 65.7 Å². The summed E-state index contributed by atoms with van der Waals surface area (Å²) in [6.07, 6.45) is 2.44. The lowest BCUT2D eigenvalue weighted by molar-refractivity contribution is 0.113. The van der Waals surface area contributed by atoms with Crippen molar-refractivity contribution in [2.24, 2.45) is 5.92 Å². The normalized spacial score (nSPS) is 21.5. The lowest BCUT2D eigenvalue weighted by Gasteiger charge is -2.25. The van der Waals surface area contributed by atoms with Gasteiger partial charge in [0.25, 0.3) is 0 Å². The van der Waals surface area contributed by atoms with Crippen LogP contribution in [0.15, 0.2) is 22.6 Å². The summed E-state index contributed by atoms with van der Waals surface area (Å²) in [6, 6.07) is 3.86. The number of nitrogens with zero attached hydrogens (tertiary/aromatic N) is 1. The number of amides is 2. The first-order chi connectivity index (χ1) is 11.9. The minimum absolute atomic E-state index is 0.141. The Bertz CT molecular complexity index is 773. The molecule has 3 atom stereocenters. The van der Waals surface area contributed by atoms with Gasteiger partial charge in [-0.25, -0.2) is 9.18 Å². The van der Waals surface area contributed by atoms with Crippen LogP contribution in [0.3, 0.4) is 0 Å². The second-order valence-corrected chi connectivity index (χ2v) is 7.04. The molecule has 6 heteroatoms. The fourth-order valence-corrected chi connectivity index (χ4v) is 3.65. The zero-order chi connectivity index (χ0) is 18.1. The number of hydrogen-bond acceptors (Lipinski definition) is 3. The Morgan fingerprint density at radius 1 is 1.48 bits per heavy atom. The summed E-state index contributed by atoms with van der Waals surface area (Å²) >= 11 is 0. The third kappa shape index (κ3) is 3.63. The first-order valence-electron chi connectivity index (χ1n) is 8.75. The SMILES string of the molecule is Cc1c(C(C)NC(=O)N(C)CC2CCCC2O)oc2ccc(F)cc12. The predicted molar refractivity (Wildman–Crippen MR) is 93.8 cm³/mol. The number of halogens is 1. The molecular weight excluding hydrogens is 323 g/mol. The van der Waals surface area contributed by atoms with Crippen LogP contribution in [0.1, 0.15) is 43.6 Å². The molecule has 0 spiro atoms. The number of urea groups is 1. The highest BCUT2D eigenvalue weighted by molar-refractivity contribution is 5.82. The van der Waals surface area contributed by atoms with E-state index in [2.05, 4.69) is 5.32 Å². The van der Waals surface area contributed by atoms with E-state index in [9.17, 15) is 14.3 Å². The van der Waals surface area contributed by atoms with Gasteiger partial charge in [-0.1, -0.05) is 6.42 Å². The number of hydrogen-bond donors (Lipinski definition) is 2. The molecule has 2 aromatic rings. The van der Waals surface area contributed by atoms with Crippen molar-refractivity contribution in [3.05, 3.63) is 35.3 Å². The Kier molecular flexibility index (Phi) is 4.99. The monoisotopic (exact) mass is 348 g/mol. The predicted octanol–water partition coefficient (Wildman–Crippen LogP) is 3.74. The van der Waals surface area contributed by atoms with Crippen LogP contribution in [-0.2, 0) is 0 Å². The van der Waals surface area contributed by atoms with E-state index < -0.39 is 0 Å². The molecule has 0 radical (unpaired) electrons. The molecule has 0 saturated heterocycles. The van der Waals surface area contributed by atoms with E-state index in [4.69, 9.17) is 4.42 Å². The molecular formula is C19H25FN2O3. The highest BCUT2D eigenvalue weighted by Gasteiger charge is 2.28. The molecule has 1 heterocycles. The van der Waals surface area contributed by atoms with Gasteiger partial charge in [-0.05, 0) is 44.9 Å². The molecule has 1 aliphatic rings. The van der Waals surface area contributed by atoms with Gasteiger partial charge in [0.15, 0.2) is 0 Å². The minimum Gasteiger partial charge on any atom is -0.459 e. The molecule has 1 aliphatic carbocycles. The molecule has 3 unspecified atom stereocenters. The van der Waals surface area contributed by atoms with E-state index >= 15 is 0 Å². The number of carbonyl (C=O) groups excluding carboxylic acids is 1. The van der Waals surface area contributed by atoms with Crippen LogP contribution in [0.4, 0.5) is 9.18 Å². The van der Waals surface area contributed by atoms with E-state index in [0.717, 1.165) is 30.2 Å². The Hall–Kier alpha value is -2.08. The van der Waals surface area contributed by atoms with Crippen LogP contribution in [-0.4, -0.2) is 35.7 Å². The number of aryl methyl sites for hydroxylation is 1. The van der Waals surface area contributed by atoms with Crippen molar-refractivity contribution < 1.29 is 18.7 Å². The Balaban J connectivity index is 1.68. The maximum absolute atomic E-state index is 13.4. The number of carbonyl (C=O) groups is 1. The number of aliphatic hydroxyl groups is 1. The standard InChI is InChI=1S/C19H25FN2O3/c1-11-15-9-14(20)7-8-17(15)25-18(11)12(2)21-19(24)22(3)10-13-5-4-6-16(13)23/h7-9,12-13,16,23H,4-6,10H2,1-3H3,(H,21,24). The van der Waals surface area contributed by atoms with Gasteiger partial charge in [-0.15, -0.1) is 0 Å². The lowest BCUT2D eigenvalue weighted by Crippen LogP contribution is -2.42. The van der Waals surface area contributed by atoms with Crippen LogP contribution in [0.5, 0.6) is 0 Å². The molecule has 0 bridgehead atoms. The molecule has 3 rings (SSSR count). The van der Waals surface area contributed by atoms with Crippen LogP contribution in [0.25, 0.3) is 11.0 Å². The number of benzene rings is 1. The summed E-state index contributed by atoms with van der Waals surface area (Å²) in [7, 11) is 1.73. The molecule has 1 fully saturated rings. The van der Waals surface area contributed by atoms with Gasteiger partial charge in [-0.2, -0.15) is 0 Å². The number of fused-ring (bicyclic) bond motifs is 1. The van der Waals surface area contributed by atoms with E-state index in [1.54, 1.807) is 18.0 Å². The average Bonchev–Trinajstić information content (AvgIpc) is 3.11. The fourth-order valence-electron chi connectivity index (χ4n) is 3.65. The highest BCUT2D eigenvalue weighted by atomic mass is 19.1. The van der Waals surface area contributed by atoms with Crippen molar-refractivity contribution in [3.8, 4) is 0 Å². The second-order valence-electron chi connectivity index (χ2n) is 7.04. The van der Waals surface area contributed by atoms with Crippen molar-refractivity contribution >= 4 is 17.0 Å². The quantitative estimate of drug-likeness (QED) is 0.884. The maximum Gasteiger partial charge on any atom is 0.317 e. The van der Waals surface area contributed by atoms with Crippen molar-refractivity contribution in [3.63, 3.8) is 0 Å². The van der Waals surface area contributed by atoms with Gasteiger partial charge in [0, 0.05) is 30.5 Å². The third-order valence-corrected chi connectivity index (χ3v) is 5.14. The Morgan fingerprint density at radius 2 is 2.24 bits per heavy atom. The summed E-state index contributed by atoms with van der Waals surface area (Å²) in [6.45, 7) is 4.24. The minimum atomic E-state index is -0.334. The molecule has 136 valence electrons. The number of aliphatic hydroxyl groups excluding tert-OH is 1. The number of rotatable bonds is 4. The highest BCUT2D eigenvalue weighted by Crippen LogP contribution is 2.30. The largest absolute Gasteiger partial charge is 0.459 e. The molecule has 1 aromatic carbocycles. The van der Waals surface area contributed by atoms with E-state index in [1.165, 1.54) is 12.1 Å². The first-order valence-corrected chi connectivity index (χ1v) is 8.75.